The molecule has 1 aromatic heterocycles. The van der Waals surface area contributed by atoms with Crippen LogP contribution in [0.2, 0.25) is 5.02 Å². The fourth-order valence-corrected chi connectivity index (χ4v) is 4.23. The second-order valence-electron chi connectivity index (χ2n) is 8.77. The fourth-order valence-electron chi connectivity index (χ4n) is 4.04. The van der Waals surface area contributed by atoms with Crippen molar-refractivity contribution < 1.29 is 14.3 Å². The Labute approximate surface area is 209 Å². The molecule has 4 rings (SSSR count). The summed E-state index contributed by atoms with van der Waals surface area (Å²) in [5, 5.41) is 7.36. The normalized spacial score (nSPS) is 13.6. The summed E-state index contributed by atoms with van der Waals surface area (Å²) in [5.74, 6) is -0.311. The average Bonchev–Trinajstić information content (AvgIpc) is 3.26. The minimum Gasteiger partial charge on any atom is -0.445 e. The Morgan fingerprint density at radius 3 is 2.43 bits per heavy atom. The Morgan fingerprint density at radius 2 is 1.66 bits per heavy atom. The zero-order chi connectivity index (χ0) is 24.8. The maximum Gasteiger partial charge on any atom is 0.408 e. The zero-order valence-corrected chi connectivity index (χ0v) is 20.4. The number of hydrogen-bond acceptors (Lipinski definition) is 3. The number of nitrogens with one attached hydrogen (secondary N) is 3. The Kier molecular flexibility index (Phi) is 7.42. The first kappa shape index (κ1) is 24.4. The van der Waals surface area contributed by atoms with Crippen LogP contribution in [-0.2, 0) is 22.6 Å². The summed E-state index contributed by atoms with van der Waals surface area (Å²) in [4.78, 5) is 29.6. The lowest BCUT2D eigenvalue weighted by Crippen LogP contribution is -2.58. The van der Waals surface area contributed by atoms with Gasteiger partial charge in [0.25, 0.3) is 0 Å². The molecule has 0 unspecified atom stereocenters. The van der Waals surface area contributed by atoms with Crippen LogP contribution in [0, 0.1) is 0 Å². The molecule has 0 fully saturated rings. The van der Waals surface area contributed by atoms with Crippen molar-refractivity contribution in [1.29, 1.82) is 0 Å². The number of aromatic nitrogens is 1. The summed E-state index contributed by atoms with van der Waals surface area (Å²) >= 11 is 6.18. The number of alkyl carbamates (subject to hydrolysis) is 1. The molecule has 0 spiro atoms. The van der Waals surface area contributed by atoms with Gasteiger partial charge < -0.3 is 20.4 Å². The monoisotopic (exact) mass is 489 g/mol. The van der Waals surface area contributed by atoms with Gasteiger partial charge in [-0.25, -0.2) is 4.79 Å². The summed E-state index contributed by atoms with van der Waals surface area (Å²) in [6.07, 6.45) is 1.44. The van der Waals surface area contributed by atoms with E-state index < -0.39 is 11.6 Å². The van der Waals surface area contributed by atoms with Gasteiger partial charge in [-0.3, -0.25) is 4.79 Å². The molecule has 0 saturated carbocycles. The van der Waals surface area contributed by atoms with Gasteiger partial charge in [0.2, 0.25) is 5.91 Å². The molecule has 180 valence electrons. The van der Waals surface area contributed by atoms with Gasteiger partial charge in [0.15, 0.2) is 0 Å². The third kappa shape index (κ3) is 5.84. The summed E-state index contributed by atoms with van der Waals surface area (Å²) in [6.45, 7) is 3.62. The maximum atomic E-state index is 13.6. The number of carbonyl (C=O) groups is 2. The molecule has 4 aromatic rings. The third-order valence-electron chi connectivity index (χ3n) is 6.06. The first-order chi connectivity index (χ1) is 16.9. The van der Waals surface area contributed by atoms with Crippen LogP contribution >= 0.6 is 11.6 Å². The number of hydrogen-bond donors (Lipinski definition) is 3. The van der Waals surface area contributed by atoms with Crippen LogP contribution in [0.3, 0.4) is 0 Å². The second kappa shape index (κ2) is 10.7. The van der Waals surface area contributed by atoms with Crippen molar-refractivity contribution in [3.63, 3.8) is 0 Å². The molecule has 35 heavy (non-hydrogen) atoms. The van der Waals surface area contributed by atoms with Crippen molar-refractivity contribution in [2.45, 2.75) is 38.5 Å². The number of rotatable bonds is 8. The van der Waals surface area contributed by atoms with Gasteiger partial charge in [-0.2, -0.15) is 0 Å². The van der Waals surface area contributed by atoms with Crippen LogP contribution in [-0.4, -0.2) is 22.5 Å². The van der Waals surface area contributed by atoms with E-state index in [1.807, 2.05) is 79.9 Å². The molecule has 0 aliphatic carbocycles. The fraction of sp³-hybridized carbons (Fsp3) is 0.214. The molecule has 7 heteroatoms. The Morgan fingerprint density at radius 1 is 0.971 bits per heavy atom. The Hall–Kier alpha value is -3.77. The summed E-state index contributed by atoms with van der Waals surface area (Å²) in [6, 6.07) is 24.4. The molecule has 6 nitrogen and oxygen atoms in total. The molecule has 0 saturated heterocycles. The van der Waals surface area contributed by atoms with Gasteiger partial charge in [0.05, 0.1) is 6.04 Å². The van der Waals surface area contributed by atoms with Crippen LogP contribution in [0.4, 0.5) is 4.79 Å². The van der Waals surface area contributed by atoms with Gasteiger partial charge in [0, 0.05) is 34.1 Å². The van der Waals surface area contributed by atoms with Gasteiger partial charge in [-0.1, -0.05) is 78.3 Å². The third-order valence-corrected chi connectivity index (χ3v) is 6.43. The number of H-pyrrole nitrogens is 1. The molecular weight excluding hydrogens is 462 g/mol. The number of fused-ring (bicyclic) bond motifs is 1. The lowest BCUT2D eigenvalue weighted by Gasteiger charge is -2.31. The summed E-state index contributed by atoms with van der Waals surface area (Å²) in [5.41, 5.74) is 2.26. The van der Waals surface area contributed by atoms with Crippen molar-refractivity contribution in [2.24, 2.45) is 0 Å². The van der Waals surface area contributed by atoms with Crippen molar-refractivity contribution in [1.82, 2.24) is 15.6 Å². The van der Waals surface area contributed by atoms with Crippen molar-refractivity contribution in [2.75, 3.05) is 0 Å². The average molecular weight is 490 g/mol. The minimum absolute atomic E-state index is 0.00326. The second-order valence-corrected chi connectivity index (χ2v) is 9.17. The molecule has 0 radical (unpaired) electrons. The number of aromatic amines is 1. The van der Waals surface area contributed by atoms with Crippen molar-refractivity contribution >= 4 is 34.5 Å². The molecule has 0 bridgehead atoms. The molecular formula is C28H28ClN3O3. The SMILES string of the molecule is C[C@H](NC(=O)[C@@](C)(Cc1c[nH]c2ccccc12)NC(=O)OCc1ccccc1Cl)c1ccccc1. The Balaban J connectivity index is 1.54. The maximum absolute atomic E-state index is 13.6. The zero-order valence-electron chi connectivity index (χ0n) is 19.7. The molecule has 2 atom stereocenters. The molecule has 3 aromatic carbocycles. The highest BCUT2D eigenvalue weighted by Crippen LogP contribution is 2.24. The topological polar surface area (TPSA) is 83.2 Å². The predicted molar refractivity (Wildman–Crippen MR) is 138 cm³/mol. The van der Waals surface area contributed by atoms with Crippen LogP contribution in [0.5, 0.6) is 0 Å². The number of carbonyl (C=O) groups excluding carboxylic acids is 2. The van der Waals surface area contributed by atoms with Crippen LogP contribution in [0.25, 0.3) is 10.9 Å². The van der Waals surface area contributed by atoms with E-state index in [-0.39, 0.29) is 25.0 Å². The van der Waals surface area contributed by atoms with E-state index in [0.717, 1.165) is 22.0 Å². The van der Waals surface area contributed by atoms with Gasteiger partial charge in [0.1, 0.15) is 12.1 Å². The molecule has 0 aliphatic heterocycles. The molecule has 3 N–H and O–H groups in total. The van der Waals surface area contributed by atoms with Crippen molar-refractivity contribution in [3.8, 4) is 0 Å². The first-order valence-corrected chi connectivity index (χ1v) is 11.8. The largest absolute Gasteiger partial charge is 0.445 e. The van der Waals surface area contributed by atoms with E-state index in [1.165, 1.54) is 0 Å². The van der Waals surface area contributed by atoms with E-state index in [4.69, 9.17) is 16.3 Å². The van der Waals surface area contributed by atoms with Crippen LogP contribution in [0.15, 0.2) is 85.1 Å². The summed E-state index contributed by atoms with van der Waals surface area (Å²) < 4.78 is 5.43. The van der Waals surface area contributed by atoms with E-state index >= 15 is 0 Å². The van der Waals surface area contributed by atoms with E-state index in [2.05, 4.69) is 15.6 Å². The predicted octanol–water partition coefficient (Wildman–Crippen LogP) is 5.93. The number of amides is 2. The number of para-hydroxylation sites is 1. The lowest BCUT2D eigenvalue weighted by molar-refractivity contribution is -0.127. The quantitative estimate of drug-likeness (QED) is 0.287. The number of benzene rings is 3. The summed E-state index contributed by atoms with van der Waals surface area (Å²) in [7, 11) is 0. The molecule has 1 heterocycles. The van der Waals surface area contributed by atoms with E-state index in [1.54, 1.807) is 19.1 Å². The first-order valence-electron chi connectivity index (χ1n) is 11.4. The standard InChI is InChI=1S/C28H28ClN3O3/c1-19(20-10-4-3-5-11-20)31-26(33)28(2,16-22-17-30-25-15-9-7-13-23(22)25)32-27(34)35-18-21-12-6-8-14-24(21)29/h3-15,17,19,30H,16,18H2,1-2H3,(H,31,33)(H,32,34)/t19-,28+/m0/s1. The van der Waals surface area contributed by atoms with Gasteiger partial charge in [-0.05, 0) is 37.1 Å². The highest BCUT2D eigenvalue weighted by atomic mass is 35.5. The minimum atomic E-state index is -1.27. The molecule has 2 amide bonds. The van der Waals surface area contributed by atoms with Crippen molar-refractivity contribution in [3.05, 3.63) is 107 Å². The van der Waals surface area contributed by atoms with E-state index in [9.17, 15) is 9.59 Å². The smallest absolute Gasteiger partial charge is 0.408 e. The molecule has 0 aliphatic rings. The lowest BCUT2D eigenvalue weighted by atomic mass is 9.91. The van der Waals surface area contributed by atoms with Crippen LogP contribution < -0.4 is 10.6 Å². The van der Waals surface area contributed by atoms with Crippen LogP contribution in [0.1, 0.15) is 36.6 Å². The number of ether oxygens (including phenoxy) is 1. The van der Waals surface area contributed by atoms with Gasteiger partial charge in [-0.15, -0.1) is 0 Å². The highest BCUT2D eigenvalue weighted by Gasteiger charge is 2.37. The highest BCUT2D eigenvalue weighted by molar-refractivity contribution is 6.31. The Bertz CT molecular complexity index is 1320. The number of halogens is 1. The van der Waals surface area contributed by atoms with Gasteiger partial charge >= 0.3 is 6.09 Å². The van der Waals surface area contributed by atoms with E-state index in [0.29, 0.717) is 10.6 Å².